The summed E-state index contributed by atoms with van der Waals surface area (Å²) >= 11 is 5.74. The molecule has 32 heavy (non-hydrogen) atoms. The van der Waals surface area contributed by atoms with E-state index < -0.39 is 17.2 Å². The Labute approximate surface area is 193 Å². The van der Waals surface area contributed by atoms with E-state index in [0.717, 1.165) is 12.1 Å². The smallest absolute Gasteiger partial charge is 0.410 e. The summed E-state index contributed by atoms with van der Waals surface area (Å²) in [6.45, 7) is 6.40. The van der Waals surface area contributed by atoms with Crippen molar-refractivity contribution >= 4 is 29.5 Å². The van der Waals surface area contributed by atoms with Gasteiger partial charge in [0, 0.05) is 23.7 Å². The van der Waals surface area contributed by atoms with E-state index in [1.54, 1.807) is 17.0 Å². The van der Waals surface area contributed by atoms with Gasteiger partial charge in [0.05, 0.1) is 6.93 Å². The molecule has 0 saturated carbocycles. The third-order valence-corrected chi connectivity index (χ3v) is 5.44. The number of likely N-dealkylation sites (tertiary alicyclic amines) is 1. The van der Waals surface area contributed by atoms with Crippen LogP contribution in [-0.4, -0.2) is 40.6 Å². The number of ether oxygens (including phenoxy) is 1. The summed E-state index contributed by atoms with van der Waals surface area (Å²) in [6.07, 6.45) is 1.84. The number of allylic oxidation sites excluding steroid dienone is 1. The Kier molecular flexibility index (Phi) is 6.80. The van der Waals surface area contributed by atoms with Gasteiger partial charge in [-0.05, 0) is 75.4 Å². The number of piperidine rings is 1. The van der Waals surface area contributed by atoms with Crippen LogP contribution in [0, 0.1) is 5.82 Å². The van der Waals surface area contributed by atoms with Gasteiger partial charge < -0.3 is 14.7 Å². The Hall–Kier alpha value is -2.86. The van der Waals surface area contributed by atoms with Crippen LogP contribution in [0.2, 0.25) is 5.02 Å². The fraction of sp³-hybridized carbons (Fsp3) is 0.360. The third kappa shape index (κ3) is 5.88. The van der Waals surface area contributed by atoms with Gasteiger partial charge in [-0.25, -0.2) is 9.18 Å². The topological polar surface area (TPSA) is 66.8 Å². The Morgan fingerprint density at radius 1 is 1.25 bits per heavy atom. The van der Waals surface area contributed by atoms with E-state index in [-0.39, 0.29) is 40.0 Å². The zero-order chi connectivity index (χ0) is 24.3. The van der Waals surface area contributed by atoms with Crippen LogP contribution in [0.4, 0.5) is 9.18 Å². The van der Waals surface area contributed by atoms with E-state index in [4.69, 9.17) is 17.7 Å². The summed E-state index contributed by atoms with van der Waals surface area (Å²) in [6, 6.07) is 8.43. The molecule has 1 fully saturated rings. The second-order valence-corrected chi connectivity index (χ2v) is 9.20. The number of rotatable bonds is 4. The third-order valence-electron chi connectivity index (χ3n) is 5.21. The number of nitrogens with zero attached hydrogens (tertiary/aromatic N) is 1. The zero-order valence-electron chi connectivity index (χ0n) is 19.3. The molecule has 1 aliphatic rings. The van der Waals surface area contributed by atoms with Crippen molar-refractivity contribution in [1.82, 2.24) is 4.90 Å². The molecule has 1 N–H and O–H groups in total. The minimum atomic E-state index is -0.703. The normalized spacial score (nSPS) is 16.0. The summed E-state index contributed by atoms with van der Waals surface area (Å²) in [7, 11) is 0. The molecular weight excluding hydrogens is 433 g/mol. The van der Waals surface area contributed by atoms with Gasteiger partial charge in [-0.15, -0.1) is 0 Å². The lowest BCUT2D eigenvalue weighted by atomic mass is 9.87. The molecule has 170 valence electrons. The van der Waals surface area contributed by atoms with Crippen molar-refractivity contribution in [3.63, 3.8) is 0 Å². The number of hydrogen-bond donors (Lipinski definition) is 1. The summed E-state index contributed by atoms with van der Waals surface area (Å²) in [5.74, 6) is -1.49. The Bertz CT molecular complexity index is 1090. The van der Waals surface area contributed by atoms with E-state index in [1.165, 1.54) is 18.2 Å². The van der Waals surface area contributed by atoms with E-state index >= 15 is 0 Å². The van der Waals surface area contributed by atoms with Gasteiger partial charge in [-0.1, -0.05) is 29.8 Å². The van der Waals surface area contributed by atoms with Crippen molar-refractivity contribution in [2.24, 2.45) is 0 Å². The van der Waals surface area contributed by atoms with Crippen LogP contribution >= 0.6 is 11.6 Å². The van der Waals surface area contributed by atoms with Crippen LogP contribution < -0.4 is 0 Å². The van der Waals surface area contributed by atoms with Crippen LogP contribution in [0.25, 0.3) is 6.05 Å². The highest BCUT2D eigenvalue weighted by atomic mass is 35.5. The first kappa shape index (κ1) is 22.3. The van der Waals surface area contributed by atoms with Gasteiger partial charge >= 0.3 is 6.09 Å². The van der Waals surface area contributed by atoms with Crippen molar-refractivity contribution in [1.29, 1.82) is 0 Å². The number of aromatic hydroxyl groups is 1. The van der Waals surface area contributed by atoms with Crippen molar-refractivity contribution in [3.05, 3.63) is 70.0 Å². The first-order valence-electron chi connectivity index (χ1n) is 10.9. The lowest BCUT2D eigenvalue weighted by Crippen LogP contribution is -2.41. The van der Waals surface area contributed by atoms with Gasteiger partial charge in [-0.3, -0.25) is 4.79 Å². The molecule has 0 bridgehead atoms. The second-order valence-electron chi connectivity index (χ2n) is 8.76. The number of phenols is 1. The van der Waals surface area contributed by atoms with Gasteiger partial charge in [0.25, 0.3) is 0 Å². The second kappa shape index (κ2) is 9.74. The average molecular weight is 461 g/mol. The maximum Gasteiger partial charge on any atom is 0.410 e. The summed E-state index contributed by atoms with van der Waals surface area (Å²) in [4.78, 5) is 26.7. The molecular formula is C25H27ClFNO4. The molecule has 0 radical (unpaired) electrons. The molecule has 1 heterocycles. The van der Waals surface area contributed by atoms with Gasteiger partial charge in [0.15, 0.2) is 5.78 Å². The fourth-order valence-corrected chi connectivity index (χ4v) is 3.78. The van der Waals surface area contributed by atoms with Crippen LogP contribution in [0.1, 0.15) is 62.4 Å². The molecule has 5 nitrogen and oxygen atoms in total. The van der Waals surface area contributed by atoms with Gasteiger partial charge in [0.2, 0.25) is 0 Å². The lowest BCUT2D eigenvalue weighted by molar-refractivity contribution is 0.0204. The maximum atomic E-state index is 14.1. The summed E-state index contributed by atoms with van der Waals surface area (Å²) in [5, 5.41) is 11.0. The van der Waals surface area contributed by atoms with Crippen molar-refractivity contribution in [3.8, 4) is 5.75 Å². The first-order chi connectivity index (χ1) is 15.5. The molecule has 1 amide bonds. The number of para-hydroxylation sites is 1. The highest BCUT2D eigenvalue weighted by Crippen LogP contribution is 2.36. The van der Waals surface area contributed by atoms with Crippen LogP contribution in [0.15, 0.2) is 42.5 Å². The van der Waals surface area contributed by atoms with E-state index in [9.17, 15) is 19.1 Å². The predicted octanol–water partition coefficient (Wildman–Crippen LogP) is 6.20. The number of hydrogen-bond acceptors (Lipinski definition) is 4. The van der Waals surface area contributed by atoms with Gasteiger partial charge in [-0.2, -0.15) is 0 Å². The molecule has 1 saturated heterocycles. The monoisotopic (exact) mass is 460 g/mol. The Balaban J connectivity index is 1.74. The standard InChI is InChI=1S/C25H27ClFNO4/c1-25(2,3)32-24(31)28-13-11-16(12-14-28)19-5-4-6-20(23(19)30)22(29)10-8-17-7-9-18(26)15-21(17)27/h4-10,15-16,30H,11-14H2,1-3H3/i8D. The minimum Gasteiger partial charge on any atom is -0.507 e. The summed E-state index contributed by atoms with van der Waals surface area (Å²) < 4.78 is 27.6. The van der Waals surface area contributed by atoms with Crippen molar-refractivity contribution < 1.29 is 25.2 Å². The molecule has 0 atom stereocenters. The molecule has 0 spiro atoms. The van der Waals surface area contributed by atoms with E-state index in [1.807, 2.05) is 20.8 Å². The summed E-state index contributed by atoms with van der Waals surface area (Å²) in [5.41, 5.74) is 0.0291. The predicted molar refractivity (Wildman–Crippen MR) is 123 cm³/mol. The molecule has 0 aliphatic carbocycles. The molecule has 0 unspecified atom stereocenters. The van der Waals surface area contributed by atoms with Gasteiger partial charge in [0.1, 0.15) is 17.2 Å². The highest BCUT2D eigenvalue weighted by Gasteiger charge is 2.29. The molecule has 2 aromatic rings. The number of benzene rings is 2. The fourth-order valence-electron chi connectivity index (χ4n) is 3.62. The number of phenolic OH excluding ortho intramolecular Hbond substituents is 1. The quantitative estimate of drug-likeness (QED) is 0.436. The zero-order valence-corrected chi connectivity index (χ0v) is 19.1. The van der Waals surface area contributed by atoms with Crippen LogP contribution in [0.5, 0.6) is 5.75 Å². The van der Waals surface area contributed by atoms with E-state index in [0.29, 0.717) is 31.5 Å². The molecule has 0 aromatic heterocycles. The lowest BCUT2D eigenvalue weighted by Gasteiger charge is -2.33. The number of carbonyl (C=O) groups is 2. The largest absolute Gasteiger partial charge is 0.507 e. The minimum absolute atomic E-state index is 0.0374. The maximum absolute atomic E-state index is 14.1. The molecule has 2 aromatic carbocycles. The Morgan fingerprint density at radius 3 is 2.56 bits per heavy atom. The molecule has 3 rings (SSSR count). The SMILES string of the molecule is [2H]C(=CC(=O)c1cccc(C2CCN(C(=O)OC(C)(C)C)CC2)c1O)c1ccc(Cl)cc1F. The first-order valence-corrected chi connectivity index (χ1v) is 10.8. The van der Waals surface area contributed by atoms with Crippen molar-refractivity contribution in [2.45, 2.75) is 45.1 Å². The van der Waals surface area contributed by atoms with Crippen LogP contribution in [0.3, 0.4) is 0 Å². The molecule has 7 heteroatoms. The number of carbonyl (C=O) groups excluding carboxylic acids is 2. The highest BCUT2D eigenvalue weighted by molar-refractivity contribution is 6.30. The average Bonchev–Trinajstić information content (AvgIpc) is 2.72. The Morgan fingerprint density at radius 2 is 1.94 bits per heavy atom. The number of ketones is 1. The van der Waals surface area contributed by atoms with Crippen molar-refractivity contribution in [2.75, 3.05) is 13.1 Å². The van der Waals surface area contributed by atoms with E-state index in [2.05, 4.69) is 0 Å². The number of halogens is 2. The van der Waals surface area contributed by atoms with Crippen LogP contribution in [-0.2, 0) is 4.74 Å². The molecule has 1 aliphatic heterocycles. The number of amides is 1.